The van der Waals surface area contributed by atoms with Gasteiger partial charge in [0.1, 0.15) is 0 Å². The van der Waals surface area contributed by atoms with E-state index < -0.39 is 0 Å². The Labute approximate surface area is 117 Å². The van der Waals surface area contributed by atoms with E-state index in [0.29, 0.717) is 0 Å². The van der Waals surface area contributed by atoms with Crippen LogP contribution in [0.2, 0.25) is 0 Å². The molecule has 104 valence electrons. The van der Waals surface area contributed by atoms with Crippen molar-refractivity contribution >= 4 is 0 Å². The van der Waals surface area contributed by atoms with E-state index in [1.807, 2.05) is 0 Å². The van der Waals surface area contributed by atoms with Gasteiger partial charge in [0, 0.05) is 31.7 Å². The number of piperazine rings is 1. The van der Waals surface area contributed by atoms with Crippen LogP contribution >= 0.6 is 0 Å². The largest absolute Gasteiger partial charge is 0.311 e. The monoisotopic (exact) mass is 258 g/mol. The third-order valence-electron chi connectivity index (χ3n) is 4.76. The molecule has 2 unspecified atom stereocenters. The molecule has 2 atom stereocenters. The van der Waals surface area contributed by atoms with Gasteiger partial charge in [-0.15, -0.1) is 0 Å². The fraction of sp³-hybridized carbons (Fsp3) is 0.647. The van der Waals surface area contributed by atoms with Gasteiger partial charge in [-0.3, -0.25) is 4.90 Å². The molecular formula is C17H26N2. The van der Waals surface area contributed by atoms with E-state index >= 15 is 0 Å². The van der Waals surface area contributed by atoms with Crippen LogP contribution in [0.4, 0.5) is 0 Å². The molecule has 1 aromatic carbocycles. The minimum absolute atomic E-state index is 0.735. The number of nitrogens with zero attached hydrogens (tertiary/aromatic N) is 1. The van der Waals surface area contributed by atoms with Crippen LogP contribution in [-0.2, 0) is 6.42 Å². The molecule has 3 rings (SSSR count). The van der Waals surface area contributed by atoms with E-state index in [4.69, 9.17) is 0 Å². The zero-order valence-electron chi connectivity index (χ0n) is 12.0. The highest BCUT2D eigenvalue weighted by atomic mass is 15.2. The van der Waals surface area contributed by atoms with Crippen LogP contribution < -0.4 is 5.32 Å². The first-order valence-electron chi connectivity index (χ1n) is 7.88. The van der Waals surface area contributed by atoms with Crippen molar-refractivity contribution in [3.8, 4) is 0 Å². The van der Waals surface area contributed by atoms with Gasteiger partial charge in [-0.2, -0.15) is 0 Å². The smallest absolute Gasteiger partial charge is 0.0224 e. The van der Waals surface area contributed by atoms with Gasteiger partial charge in [-0.1, -0.05) is 37.3 Å². The van der Waals surface area contributed by atoms with Gasteiger partial charge in [-0.05, 0) is 37.2 Å². The van der Waals surface area contributed by atoms with Crippen molar-refractivity contribution in [2.75, 3.05) is 19.6 Å². The number of hydrogen-bond acceptors (Lipinski definition) is 2. The standard InChI is InChI=1S/C17H26N2/c1-2-16-12-18-17(15-8-9-15)13-19(16)11-10-14-6-4-3-5-7-14/h3-7,15-18H,2,8-13H2,1H3. The molecule has 1 aliphatic carbocycles. The van der Waals surface area contributed by atoms with Crippen LogP contribution in [0.1, 0.15) is 31.7 Å². The van der Waals surface area contributed by atoms with Crippen LogP contribution in [0.5, 0.6) is 0 Å². The number of rotatable bonds is 5. The number of benzene rings is 1. The van der Waals surface area contributed by atoms with Crippen LogP contribution in [0.25, 0.3) is 0 Å². The van der Waals surface area contributed by atoms with Crippen molar-refractivity contribution in [2.24, 2.45) is 5.92 Å². The van der Waals surface area contributed by atoms with Crippen LogP contribution in [0.15, 0.2) is 30.3 Å². The average Bonchev–Trinajstić information content (AvgIpc) is 3.30. The summed E-state index contributed by atoms with van der Waals surface area (Å²) < 4.78 is 0. The maximum absolute atomic E-state index is 3.77. The summed E-state index contributed by atoms with van der Waals surface area (Å²) in [7, 11) is 0. The minimum atomic E-state index is 0.735. The zero-order chi connectivity index (χ0) is 13.1. The normalized spacial score (nSPS) is 28.5. The Kier molecular flexibility index (Phi) is 4.19. The molecule has 0 spiro atoms. The molecular weight excluding hydrogens is 232 g/mol. The Hall–Kier alpha value is -0.860. The molecule has 0 radical (unpaired) electrons. The lowest BCUT2D eigenvalue weighted by atomic mass is 10.0. The first-order chi connectivity index (χ1) is 9.36. The molecule has 0 bridgehead atoms. The van der Waals surface area contributed by atoms with E-state index in [1.54, 1.807) is 0 Å². The van der Waals surface area contributed by atoms with Crippen LogP contribution in [0, 0.1) is 5.92 Å². The first kappa shape index (κ1) is 13.1. The van der Waals surface area contributed by atoms with E-state index in [2.05, 4.69) is 47.5 Å². The highest BCUT2D eigenvalue weighted by molar-refractivity contribution is 5.15. The summed E-state index contributed by atoms with van der Waals surface area (Å²) in [4.78, 5) is 2.73. The lowest BCUT2D eigenvalue weighted by Crippen LogP contribution is -2.57. The minimum Gasteiger partial charge on any atom is -0.311 e. The van der Waals surface area contributed by atoms with Crippen LogP contribution in [-0.4, -0.2) is 36.6 Å². The second-order valence-corrected chi connectivity index (χ2v) is 6.14. The summed E-state index contributed by atoms with van der Waals surface area (Å²) in [5.41, 5.74) is 1.47. The average molecular weight is 258 g/mol. The quantitative estimate of drug-likeness (QED) is 0.873. The van der Waals surface area contributed by atoms with Gasteiger partial charge in [-0.25, -0.2) is 0 Å². The predicted octanol–water partition coefficient (Wildman–Crippen LogP) is 2.69. The topological polar surface area (TPSA) is 15.3 Å². The molecule has 2 heteroatoms. The van der Waals surface area contributed by atoms with Crippen molar-refractivity contribution in [2.45, 2.75) is 44.7 Å². The van der Waals surface area contributed by atoms with Crippen molar-refractivity contribution in [3.63, 3.8) is 0 Å². The summed E-state index contributed by atoms with van der Waals surface area (Å²) in [6.07, 6.45) is 5.34. The molecule has 2 fully saturated rings. The molecule has 2 nitrogen and oxygen atoms in total. The molecule has 19 heavy (non-hydrogen) atoms. The first-order valence-corrected chi connectivity index (χ1v) is 7.88. The van der Waals surface area contributed by atoms with Gasteiger partial charge in [0.25, 0.3) is 0 Å². The summed E-state index contributed by atoms with van der Waals surface area (Å²) in [6, 6.07) is 12.4. The van der Waals surface area contributed by atoms with Gasteiger partial charge < -0.3 is 5.32 Å². The lowest BCUT2D eigenvalue weighted by Gasteiger charge is -2.40. The van der Waals surface area contributed by atoms with Crippen molar-refractivity contribution < 1.29 is 0 Å². The Bertz CT molecular complexity index is 386. The maximum atomic E-state index is 3.77. The fourth-order valence-electron chi connectivity index (χ4n) is 3.29. The van der Waals surface area contributed by atoms with Crippen molar-refractivity contribution in [1.29, 1.82) is 0 Å². The third-order valence-corrected chi connectivity index (χ3v) is 4.76. The predicted molar refractivity (Wildman–Crippen MR) is 80.3 cm³/mol. The number of hydrogen-bond donors (Lipinski definition) is 1. The Morgan fingerprint density at radius 1 is 1.21 bits per heavy atom. The SMILES string of the molecule is CCC1CNC(C2CC2)CN1CCc1ccccc1. The van der Waals surface area contributed by atoms with E-state index in [9.17, 15) is 0 Å². The molecule has 1 saturated carbocycles. The third kappa shape index (κ3) is 3.37. The fourth-order valence-corrected chi connectivity index (χ4v) is 3.29. The molecule has 1 aromatic rings. The highest BCUT2D eigenvalue weighted by Crippen LogP contribution is 2.34. The van der Waals surface area contributed by atoms with E-state index in [0.717, 1.165) is 18.0 Å². The maximum Gasteiger partial charge on any atom is 0.0224 e. The molecule has 0 aromatic heterocycles. The molecule has 0 amide bonds. The van der Waals surface area contributed by atoms with Gasteiger partial charge in [0.2, 0.25) is 0 Å². The number of nitrogens with one attached hydrogen (secondary N) is 1. The van der Waals surface area contributed by atoms with Crippen LogP contribution in [0.3, 0.4) is 0 Å². The summed E-state index contributed by atoms with van der Waals surface area (Å²) in [6.45, 7) is 5.98. The highest BCUT2D eigenvalue weighted by Gasteiger charge is 2.36. The molecule has 1 aliphatic heterocycles. The zero-order valence-corrected chi connectivity index (χ0v) is 12.0. The molecule has 1 saturated heterocycles. The summed E-state index contributed by atoms with van der Waals surface area (Å²) in [5.74, 6) is 0.969. The summed E-state index contributed by atoms with van der Waals surface area (Å²) in [5, 5.41) is 3.77. The van der Waals surface area contributed by atoms with Gasteiger partial charge in [0.15, 0.2) is 0 Å². The Morgan fingerprint density at radius 2 is 2.00 bits per heavy atom. The van der Waals surface area contributed by atoms with E-state index in [1.165, 1.54) is 50.9 Å². The molecule has 2 aliphatic rings. The summed E-state index contributed by atoms with van der Waals surface area (Å²) >= 11 is 0. The second kappa shape index (κ2) is 6.06. The lowest BCUT2D eigenvalue weighted by molar-refractivity contribution is 0.120. The van der Waals surface area contributed by atoms with Crippen molar-refractivity contribution in [1.82, 2.24) is 10.2 Å². The van der Waals surface area contributed by atoms with Gasteiger partial charge >= 0.3 is 0 Å². The Balaban J connectivity index is 1.56. The van der Waals surface area contributed by atoms with Crippen molar-refractivity contribution in [3.05, 3.63) is 35.9 Å². The Morgan fingerprint density at radius 3 is 2.68 bits per heavy atom. The van der Waals surface area contributed by atoms with E-state index in [-0.39, 0.29) is 0 Å². The second-order valence-electron chi connectivity index (χ2n) is 6.14. The molecule has 1 heterocycles. The van der Waals surface area contributed by atoms with Gasteiger partial charge in [0.05, 0.1) is 0 Å². The molecule has 1 N–H and O–H groups in total.